The molecule has 19 heavy (non-hydrogen) atoms. The van der Waals surface area contributed by atoms with Gasteiger partial charge in [-0.3, -0.25) is 4.98 Å². The molecule has 1 atom stereocenters. The molecular formula is C14H13ClFNO2. The second-order valence-corrected chi connectivity index (χ2v) is 4.69. The zero-order valence-corrected chi connectivity index (χ0v) is 11.3. The Bertz CT molecular complexity index is 602. The maximum Gasteiger partial charge on any atom is 0.147 e. The fourth-order valence-corrected chi connectivity index (χ4v) is 1.82. The van der Waals surface area contributed by atoms with Gasteiger partial charge >= 0.3 is 0 Å². The van der Waals surface area contributed by atoms with Crippen molar-refractivity contribution in [3.05, 3.63) is 52.6 Å². The summed E-state index contributed by atoms with van der Waals surface area (Å²) in [6.07, 6.45) is 2.15. The van der Waals surface area contributed by atoms with Crippen LogP contribution in [0.25, 0.3) is 0 Å². The van der Waals surface area contributed by atoms with Crippen LogP contribution in [0.15, 0.2) is 30.6 Å². The van der Waals surface area contributed by atoms with Gasteiger partial charge in [0.15, 0.2) is 0 Å². The van der Waals surface area contributed by atoms with Crippen LogP contribution in [-0.2, 0) is 0 Å². The zero-order valence-electron chi connectivity index (χ0n) is 10.5. The lowest BCUT2D eigenvalue weighted by Crippen LogP contribution is -1.99. The molecule has 2 aromatic rings. The lowest BCUT2D eigenvalue weighted by Gasteiger charge is -2.14. The Hall–Kier alpha value is -1.65. The van der Waals surface area contributed by atoms with Crippen LogP contribution < -0.4 is 4.74 Å². The summed E-state index contributed by atoms with van der Waals surface area (Å²) in [4.78, 5) is 3.90. The molecule has 2 rings (SSSR count). The van der Waals surface area contributed by atoms with Crippen molar-refractivity contribution in [2.45, 2.75) is 20.0 Å². The number of hydrogen-bond acceptors (Lipinski definition) is 3. The van der Waals surface area contributed by atoms with Gasteiger partial charge in [0.1, 0.15) is 17.3 Å². The van der Waals surface area contributed by atoms with Crippen LogP contribution in [0.5, 0.6) is 11.5 Å². The topological polar surface area (TPSA) is 42.4 Å². The second kappa shape index (κ2) is 5.55. The molecule has 0 radical (unpaired) electrons. The predicted octanol–water partition coefficient (Wildman–Crippen LogP) is 4.03. The molecule has 1 aromatic carbocycles. The first-order valence-corrected chi connectivity index (χ1v) is 6.11. The van der Waals surface area contributed by atoms with Gasteiger partial charge in [0.2, 0.25) is 0 Å². The van der Waals surface area contributed by atoms with E-state index in [1.54, 1.807) is 19.9 Å². The van der Waals surface area contributed by atoms with E-state index in [0.717, 1.165) is 0 Å². The minimum absolute atomic E-state index is 0.378. The van der Waals surface area contributed by atoms with Gasteiger partial charge in [0.05, 0.1) is 17.3 Å². The summed E-state index contributed by atoms with van der Waals surface area (Å²) in [5.74, 6) is 0.436. The molecular weight excluding hydrogens is 269 g/mol. The maximum atomic E-state index is 13.5. The van der Waals surface area contributed by atoms with E-state index in [-0.39, 0.29) is 5.82 Å². The SMILES string of the molecule is Cc1cc(Oc2cncc(Cl)c2)c([C@H](C)O)cc1F. The predicted molar refractivity (Wildman–Crippen MR) is 71.1 cm³/mol. The third-order valence-corrected chi connectivity index (χ3v) is 2.86. The molecule has 0 aliphatic rings. The quantitative estimate of drug-likeness (QED) is 0.924. The molecule has 0 aliphatic heterocycles. The van der Waals surface area contributed by atoms with Crippen LogP contribution in [-0.4, -0.2) is 10.1 Å². The smallest absolute Gasteiger partial charge is 0.147 e. The summed E-state index contributed by atoms with van der Waals surface area (Å²) in [5.41, 5.74) is 0.817. The van der Waals surface area contributed by atoms with Crippen molar-refractivity contribution in [2.75, 3.05) is 0 Å². The minimum atomic E-state index is -0.836. The Kier molecular flexibility index (Phi) is 4.02. The number of halogens is 2. The van der Waals surface area contributed by atoms with Gasteiger partial charge in [-0.25, -0.2) is 4.39 Å². The summed E-state index contributed by atoms with van der Waals surface area (Å²) in [6.45, 7) is 3.18. The maximum absolute atomic E-state index is 13.5. The summed E-state index contributed by atoms with van der Waals surface area (Å²) < 4.78 is 19.1. The van der Waals surface area contributed by atoms with E-state index in [2.05, 4.69) is 4.98 Å². The normalized spacial score (nSPS) is 12.3. The first-order chi connectivity index (χ1) is 8.97. The number of aliphatic hydroxyl groups excluding tert-OH is 1. The third-order valence-electron chi connectivity index (χ3n) is 2.65. The number of aryl methyl sites for hydroxylation is 1. The third kappa shape index (κ3) is 3.22. The van der Waals surface area contributed by atoms with E-state index in [1.807, 2.05) is 0 Å². The van der Waals surface area contributed by atoms with Crippen molar-refractivity contribution in [3.8, 4) is 11.5 Å². The summed E-state index contributed by atoms with van der Waals surface area (Å²) in [5, 5.41) is 10.1. The number of benzene rings is 1. The standard InChI is InChI=1S/C14H13ClFNO2/c1-8-3-14(12(9(2)18)5-13(8)16)19-11-4-10(15)6-17-7-11/h3-7,9,18H,1-2H3/t9-/m0/s1. The molecule has 3 nitrogen and oxygen atoms in total. The zero-order chi connectivity index (χ0) is 14.0. The summed E-state index contributed by atoms with van der Waals surface area (Å²) in [6, 6.07) is 4.41. The van der Waals surface area contributed by atoms with E-state index in [1.165, 1.54) is 24.5 Å². The highest BCUT2D eigenvalue weighted by molar-refractivity contribution is 6.30. The molecule has 0 saturated heterocycles. The van der Waals surface area contributed by atoms with Crippen molar-refractivity contribution >= 4 is 11.6 Å². The van der Waals surface area contributed by atoms with E-state index >= 15 is 0 Å². The first kappa shape index (κ1) is 13.8. The molecule has 5 heteroatoms. The average molecular weight is 282 g/mol. The second-order valence-electron chi connectivity index (χ2n) is 4.26. The van der Waals surface area contributed by atoms with Crippen molar-refractivity contribution in [1.29, 1.82) is 0 Å². The van der Waals surface area contributed by atoms with Gasteiger partial charge in [0.25, 0.3) is 0 Å². The Morgan fingerprint density at radius 2 is 2.05 bits per heavy atom. The summed E-state index contributed by atoms with van der Waals surface area (Å²) in [7, 11) is 0. The number of pyridine rings is 1. The Labute approximate surface area is 115 Å². The van der Waals surface area contributed by atoms with E-state index in [9.17, 15) is 9.50 Å². The monoisotopic (exact) mass is 281 g/mol. The number of aromatic nitrogens is 1. The lowest BCUT2D eigenvalue weighted by molar-refractivity contribution is 0.195. The minimum Gasteiger partial charge on any atom is -0.455 e. The van der Waals surface area contributed by atoms with Gasteiger partial charge in [-0.1, -0.05) is 11.6 Å². The van der Waals surface area contributed by atoms with Crippen molar-refractivity contribution < 1.29 is 14.2 Å². The molecule has 100 valence electrons. The molecule has 0 amide bonds. The lowest BCUT2D eigenvalue weighted by atomic mass is 10.1. The highest BCUT2D eigenvalue weighted by Crippen LogP contribution is 2.32. The van der Waals surface area contributed by atoms with E-state index < -0.39 is 6.10 Å². The highest BCUT2D eigenvalue weighted by atomic mass is 35.5. The molecule has 0 unspecified atom stereocenters. The molecule has 1 heterocycles. The first-order valence-electron chi connectivity index (χ1n) is 5.74. The molecule has 0 fully saturated rings. The van der Waals surface area contributed by atoms with Gasteiger partial charge in [-0.15, -0.1) is 0 Å². The van der Waals surface area contributed by atoms with Crippen molar-refractivity contribution in [3.63, 3.8) is 0 Å². The number of ether oxygens (including phenoxy) is 1. The van der Waals surface area contributed by atoms with Gasteiger partial charge in [0, 0.05) is 17.8 Å². The highest BCUT2D eigenvalue weighted by Gasteiger charge is 2.14. The van der Waals surface area contributed by atoms with Crippen LogP contribution in [0.3, 0.4) is 0 Å². The molecule has 0 aliphatic carbocycles. The average Bonchev–Trinajstić information content (AvgIpc) is 2.33. The van der Waals surface area contributed by atoms with Crippen LogP contribution in [0.1, 0.15) is 24.2 Å². The number of nitrogens with zero attached hydrogens (tertiary/aromatic N) is 1. The number of hydrogen-bond donors (Lipinski definition) is 1. The Balaban J connectivity index is 2.41. The largest absolute Gasteiger partial charge is 0.455 e. The molecule has 0 saturated carbocycles. The Morgan fingerprint density at radius 1 is 1.32 bits per heavy atom. The van der Waals surface area contributed by atoms with Crippen molar-refractivity contribution in [2.24, 2.45) is 0 Å². The number of aliphatic hydroxyl groups is 1. The van der Waals surface area contributed by atoms with Gasteiger partial charge in [-0.05, 0) is 31.5 Å². The van der Waals surface area contributed by atoms with Crippen LogP contribution in [0, 0.1) is 12.7 Å². The van der Waals surface area contributed by atoms with Crippen LogP contribution in [0.2, 0.25) is 5.02 Å². The molecule has 1 N–H and O–H groups in total. The fourth-order valence-electron chi connectivity index (χ4n) is 1.66. The molecule has 1 aromatic heterocycles. The van der Waals surface area contributed by atoms with Gasteiger partial charge < -0.3 is 9.84 Å². The van der Waals surface area contributed by atoms with Gasteiger partial charge in [-0.2, -0.15) is 0 Å². The molecule has 0 spiro atoms. The Morgan fingerprint density at radius 3 is 2.68 bits per heavy atom. The molecule has 0 bridgehead atoms. The fraction of sp³-hybridized carbons (Fsp3) is 0.214. The number of rotatable bonds is 3. The van der Waals surface area contributed by atoms with Crippen molar-refractivity contribution in [1.82, 2.24) is 4.98 Å². The van der Waals surface area contributed by atoms with E-state index in [4.69, 9.17) is 16.3 Å². The van der Waals surface area contributed by atoms with E-state index in [0.29, 0.717) is 27.6 Å². The van der Waals surface area contributed by atoms with Crippen LogP contribution in [0.4, 0.5) is 4.39 Å². The van der Waals surface area contributed by atoms with Crippen LogP contribution >= 0.6 is 11.6 Å². The summed E-state index contributed by atoms with van der Waals surface area (Å²) >= 11 is 5.82.